The Morgan fingerprint density at radius 2 is 2.25 bits per heavy atom. The summed E-state index contributed by atoms with van der Waals surface area (Å²) in [5.41, 5.74) is 2.56. The maximum atomic E-state index is 10.7. The number of nitrogens with zero attached hydrogens (tertiary/aromatic N) is 2. The molecule has 0 radical (unpaired) electrons. The summed E-state index contributed by atoms with van der Waals surface area (Å²) in [6, 6.07) is 4.42. The number of aromatic nitrogens is 1. The highest BCUT2D eigenvalue weighted by molar-refractivity contribution is 5.69. The van der Waals surface area contributed by atoms with Crippen molar-refractivity contribution in [2.45, 2.75) is 51.4 Å². The van der Waals surface area contributed by atoms with Gasteiger partial charge < -0.3 is 10.4 Å². The molecular formula is C19H29N3O2. The first-order chi connectivity index (χ1) is 11.7. The minimum absolute atomic E-state index is 0.203. The predicted molar refractivity (Wildman–Crippen MR) is 95.4 cm³/mol. The van der Waals surface area contributed by atoms with Crippen molar-refractivity contribution in [3.63, 3.8) is 0 Å². The van der Waals surface area contributed by atoms with Crippen molar-refractivity contribution < 1.29 is 9.90 Å². The minimum Gasteiger partial charge on any atom is -0.480 e. The Balaban J connectivity index is 1.31. The molecule has 0 bridgehead atoms. The number of carbonyl (C=O) groups is 1. The molecule has 2 N–H and O–H groups in total. The first-order valence-corrected chi connectivity index (χ1v) is 9.37. The highest BCUT2D eigenvalue weighted by atomic mass is 16.4. The second-order valence-corrected chi connectivity index (χ2v) is 7.22. The fourth-order valence-corrected chi connectivity index (χ4v) is 3.91. The summed E-state index contributed by atoms with van der Waals surface area (Å²) >= 11 is 0. The summed E-state index contributed by atoms with van der Waals surface area (Å²) in [4.78, 5) is 17.6. The highest BCUT2D eigenvalue weighted by Gasteiger charge is 2.23. The van der Waals surface area contributed by atoms with Gasteiger partial charge in [0.25, 0.3) is 0 Å². The van der Waals surface area contributed by atoms with E-state index in [1.54, 1.807) is 0 Å². The second kappa shape index (κ2) is 8.47. The van der Waals surface area contributed by atoms with Crippen molar-refractivity contribution in [1.29, 1.82) is 0 Å². The van der Waals surface area contributed by atoms with Crippen LogP contribution in [0, 0.1) is 5.92 Å². The molecule has 24 heavy (non-hydrogen) atoms. The molecule has 1 atom stereocenters. The monoisotopic (exact) mass is 331 g/mol. The fourth-order valence-electron chi connectivity index (χ4n) is 3.91. The van der Waals surface area contributed by atoms with Gasteiger partial charge in [-0.1, -0.05) is 18.9 Å². The quantitative estimate of drug-likeness (QED) is 0.717. The molecule has 1 aromatic heterocycles. The molecule has 3 heterocycles. The zero-order valence-corrected chi connectivity index (χ0v) is 14.5. The number of likely N-dealkylation sites (tertiary alicyclic amines) is 1. The van der Waals surface area contributed by atoms with Gasteiger partial charge in [0, 0.05) is 18.8 Å². The van der Waals surface area contributed by atoms with Crippen molar-refractivity contribution in [3.05, 3.63) is 23.4 Å². The minimum atomic E-state index is -0.706. The number of carboxylic acids is 1. The van der Waals surface area contributed by atoms with E-state index in [0.29, 0.717) is 5.92 Å². The molecule has 1 aromatic rings. The fraction of sp³-hybridized carbons (Fsp3) is 0.684. The van der Waals surface area contributed by atoms with Crippen LogP contribution in [0.2, 0.25) is 0 Å². The topological polar surface area (TPSA) is 65.5 Å². The Morgan fingerprint density at radius 1 is 1.33 bits per heavy atom. The lowest BCUT2D eigenvalue weighted by molar-refractivity contribution is -0.138. The predicted octanol–water partition coefficient (Wildman–Crippen LogP) is 2.95. The van der Waals surface area contributed by atoms with Gasteiger partial charge in [-0.3, -0.25) is 9.69 Å². The summed E-state index contributed by atoms with van der Waals surface area (Å²) in [6.07, 6.45) is 9.48. The lowest BCUT2D eigenvalue weighted by Gasteiger charge is -2.17. The zero-order valence-electron chi connectivity index (χ0n) is 14.5. The van der Waals surface area contributed by atoms with Gasteiger partial charge in [0.1, 0.15) is 5.82 Å². The summed E-state index contributed by atoms with van der Waals surface area (Å²) in [6.45, 7) is 3.16. The van der Waals surface area contributed by atoms with Gasteiger partial charge in [-0.2, -0.15) is 0 Å². The van der Waals surface area contributed by atoms with Gasteiger partial charge in [-0.05, 0) is 62.6 Å². The number of hydrogen-bond acceptors (Lipinski definition) is 4. The van der Waals surface area contributed by atoms with Crippen molar-refractivity contribution >= 4 is 11.8 Å². The highest BCUT2D eigenvalue weighted by Crippen LogP contribution is 2.23. The summed E-state index contributed by atoms with van der Waals surface area (Å²) in [5.74, 6) is 1.08. The van der Waals surface area contributed by atoms with Crippen LogP contribution >= 0.6 is 0 Å². The van der Waals surface area contributed by atoms with E-state index < -0.39 is 5.97 Å². The maximum Gasteiger partial charge on any atom is 0.317 e. The van der Waals surface area contributed by atoms with Crippen molar-refractivity contribution in [1.82, 2.24) is 9.88 Å². The number of hydrogen-bond donors (Lipinski definition) is 2. The normalized spacial score (nSPS) is 20.6. The molecule has 5 nitrogen and oxygen atoms in total. The molecule has 132 valence electrons. The van der Waals surface area contributed by atoms with E-state index >= 15 is 0 Å². The van der Waals surface area contributed by atoms with Crippen LogP contribution in [0.5, 0.6) is 0 Å². The number of rotatable bonds is 8. The van der Waals surface area contributed by atoms with Crippen LogP contribution < -0.4 is 5.32 Å². The number of pyridine rings is 1. The third-order valence-electron chi connectivity index (χ3n) is 5.23. The van der Waals surface area contributed by atoms with Crippen LogP contribution in [0.4, 0.5) is 5.82 Å². The number of unbranched alkanes of at least 4 members (excludes halogenated alkanes) is 2. The zero-order chi connectivity index (χ0) is 16.8. The molecule has 0 unspecified atom stereocenters. The van der Waals surface area contributed by atoms with E-state index in [9.17, 15) is 4.79 Å². The molecule has 0 aromatic carbocycles. The first kappa shape index (κ1) is 17.2. The SMILES string of the molecule is O=C(O)CN1CC[C@@H](CCCCCc2ccc3c(n2)NCCC3)C1. The van der Waals surface area contributed by atoms with Crippen LogP contribution in [-0.2, 0) is 17.6 Å². The third-order valence-corrected chi connectivity index (χ3v) is 5.23. The number of fused-ring (bicyclic) bond motifs is 1. The molecule has 2 aliphatic heterocycles. The van der Waals surface area contributed by atoms with E-state index in [4.69, 9.17) is 10.1 Å². The molecule has 0 saturated carbocycles. The maximum absolute atomic E-state index is 10.7. The van der Waals surface area contributed by atoms with Gasteiger partial charge in [0.2, 0.25) is 0 Å². The van der Waals surface area contributed by atoms with E-state index in [1.807, 2.05) is 0 Å². The summed E-state index contributed by atoms with van der Waals surface area (Å²) in [5, 5.41) is 12.2. The Labute approximate surface area is 144 Å². The lowest BCUT2D eigenvalue weighted by atomic mass is 9.99. The number of anilines is 1. The smallest absolute Gasteiger partial charge is 0.317 e. The van der Waals surface area contributed by atoms with Gasteiger partial charge in [0.15, 0.2) is 0 Å². The van der Waals surface area contributed by atoms with E-state index in [0.717, 1.165) is 44.7 Å². The Morgan fingerprint density at radius 3 is 3.12 bits per heavy atom. The largest absolute Gasteiger partial charge is 0.480 e. The van der Waals surface area contributed by atoms with Gasteiger partial charge in [0.05, 0.1) is 6.54 Å². The number of aryl methyl sites for hydroxylation is 2. The van der Waals surface area contributed by atoms with Gasteiger partial charge >= 0.3 is 5.97 Å². The standard InChI is InChI=1S/C19H29N3O2/c23-18(24)14-22-12-10-15(13-22)5-2-1-3-7-17-9-8-16-6-4-11-20-19(16)21-17/h8-9,15H,1-7,10-14H2,(H,20,21)(H,23,24)/t15-/m1/s1. The molecule has 1 fully saturated rings. The average molecular weight is 331 g/mol. The molecule has 0 spiro atoms. The molecule has 3 rings (SSSR count). The van der Waals surface area contributed by atoms with E-state index in [-0.39, 0.29) is 6.54 Å². The van der Waals surface area contributed by atoms with Crippen molar-refractivity contribution in [2.75, 3.05) is 31.5 Å². The summed E-state index contributed by atoms with van der Waals surface area (Å²) < 4.78 is 0. The first-order valence-electron chi connectivity index (χ1n) is 9.37. The molecule has 2 aliphatic rings. The third kappa shape index (κ3) is 4.94. The van der Waals surface area contributed by atoms with E-state index in [1.165, 1.54) is 43.4 Å². The number of carboxylic acid groups (broad SMARTS) is 1. The van der Waals surface area contributed by atoms with Crippen molar-refractivity contribution in [2.24, 2.45) is 5.92 Å². The molecule has 5 heteroatoms. The molecule has 0 aliphatic carbocycles. The Hall–Kier alpha value is -1.62. The molecular weight excluding hydrogens is 302 g/mol. The molecule has 1 saturated heterocycles. The Kier molecular flexibility index (Phi) is 6.07. The van der Waals surface area contributed by atoms with Crippen LogP contribution in [-0.4, -0.2) is 47.1 Å². The van der Waals surface area contributed by atoms with Gasteiger partial charge in [-0.25, -0.2) is 4.98 Å². The second-order valence-electron chi connectivity index (χ2n) is 7.22. The summed E-state index contributed by atoms with van der Waals surface area (Å²) in [7, 11) is 0. The lowest BCUT2D eigenvalue weighted by Crippen LogP contribution is -2.27. The van der Waals surface area contributed by atoms with E-state index in [2.05, 4.69) is 22.3 Å². The number of aliphatic carboxylic acids is 1. The Bertz CT molecular complexity index is 562. The molecule has 0 amide bonds. The average Bonchev–Trinajstić information content (AvgIpc) is 3.01. The van der Waals surface area contributed by atoms with Crippen LogP contribution in [0.25, 0.3) is 0 Å². The number of nitrogens with one attached hydrogen (secondary N) is 1. The van der Waals surface area contributed by atoms with Gasteiger partial charge in [-0.15, -0.1) is 0 Å². The van der Waals surface area contributed by atoms with Crippen LogP contribution in [0.3, 0.4) is 0 Å². The van der Waals surface area contributed by atoms with Crippen LogP contribution in [0.1, 0.15) is 49.8 Å². The van der Waals surface area contributed by atoms with Crippen LogP contribution in [0.15, 0.2) is 12.1 Å². The van der Waals surface area contributed by atoms with Crippen molar-refractivity contribution in [3.8, 4) is 0 Å².